The predicted molar refractivity (Wildman–Crippen MR) is 126 cm³/mol. The maximum absolute atomic E-state index is 13.2. The fourth-order valence-electron chi connectivity index (χ4n) is 3.78. The summed E-state index contributed by atoms with van der Waals surface area (Å²) in [5, 5.41) is 6.45. The molecular weight excluding hydrogens is 384 g/mol. The van der Waals surface area contributed by atoms with Crippen molar-refractivity contribution >= 4 is 17.3 Å². The Morgan fingerprint density at radius 2 is 1.74 bits per heavy atom. The molecule has 2 heterocycles. The molecule has 0 spiro atoms. The lowest BCUT2D eigenvalue weighted by atomic mass is 9.96. The van der Waals surface area contributed by atoms with Crippen LogP contribution in [0.4, 0.5) is 11.4 Å². The van der Waals surface area contributed by atoms with E-state index < -0.39 is 0 Å². The van der Waals surface area contributed by atoms with E-state index in [1.54, 1.807) is 0 Å². The van der Waals surface area contributed by atoms with Crippen LogP contribution in [-0.2, 0) is 4.79 Å². The smallest absolute Gasteiger partial charge is 0.233 e. The molecule has 2 aromatic heterocycles. The van der Waals surface area contributed by atoms with Gasteiger partial charge >= 0.3 is 0 Å². The zero-order valence-electron chi connectivity index (χ0n) is 18.4. The molecule has 2 N–H and O–H groups in total. The van der Waals surface area contributed by atoms with E-state index in [0.717, 1.165) is 40.3 Å². The molecule has 1 aliphatic carbocycles. The fourth-order valence-corrected chi connectivity index (χ4v) is 3.78. The molecule has 1 aliphatic rings. The highest BCUT2D eigenvalue weighted by Gasteiger charge is 2.31. The highest BCUT2D eigenvalue weighted by molar-refractivity contribution is 5.95. The highest BCUT2D eigenvalue weighted by atomic mass is 16.1. The maximum Gasteiger partial charge on any atom is 0.233 e. The average molecular weight is 415 g/mol. The summed E-state index contributed by atoms with van der Waals surface area (Å²) in [5.74, 6) is 0.405. The van der Waals surface area contributed by atoms with E-state index >= 15 is 0 Å². The monoisotopic (exact) mass is 414 g/mol. The number of anilines is 2. The SMILES string of the molecule is Cc1cc(-c2ccc(NC(=O)C(CC3CC3)c3ccc(NC(C)C)cn3)cc2)ccn1. The molecule has 5 nitrogen and oxygen atoms in total. The minimum absolute atomic E-state index is 0.0106. The first kappa shape index (κ1) is 21.0. The lowest BCUT2D eigenvalue weighted by Crippen LogP contribution is -2.22. The molecule has 160 valence electrons. The Morgan fingerprint density at radius 3 is 2.35 bits per heavy atom. The summed E-state index contributed by atoms with van der Waals surface area (Å²) in [6, 6.07) is 16.4. The third-order valence-electron chi connectivity index (χ3n) is 5.56. The van der Waals surface area contributed by atoms with Gasteiger partial charge in [-0.15, -0.1) is 0 Å². The molecule has 1 unspecified atom stereocenters. The Labute approximate surface area is 184 Å². The molecule has 0 aliphatic heterocycles. The number of benzene rings is 1. The lowest BCUT2D eigenvalue weighted by Gasteiger charge is -2.17. The van der Waals surface area contributed by atoms with Gasteiger partial charge in [0.2, 0.25) is 5.91 Å². The van der Waals surface area contributed by atoms with Crippen molar-refractivity contribution in [1.29, 1.82) is 0 Å². The topological polar surface area (TPSA) is 66.9 Å². The van der Waals surface area contributed by atoms with E-state index in [-0.39, 0.29) is 11.8 Å². The number of rotatable bonds is 8. The van der Waals surface area contributed by atoms with Crippen molar-refractivity contribution in [2.45, 2.75) is 52.0 Å². The number of aromatic nitrogens is 2. The van der Waals surface area contributed by atoms with E-state index in [2.05, 4.69) is 40.5 Å². The molecule has 0 radical (unpaired) electrons. The molecule has 5 heteroatoms. The molecule has 0 bridgehead atoms. The third-order valence-corrected chi connectivity index (χ3v) is 5.56. The summed E-state index contributed by atoms with van der Waals surface area (Å²) >= 11 is 0. The second-order valence-corrected chi connectivity index (χ2v) is 8.75. The maximum atomic E-state index is 13.2. The van der Waals surface area contributed by atoms with Crippen LogP contribution in [0.5, 0.6) is 0 Å². The standard InChI is InChI=1S/C26H30N4O/c1-17(2)29-23-10-11-25(28-16-23)24(15-19-4-5-19)26(31)30-22-8-6-20(7-9-22)21-12-13-27-18(3)14-21/h6-14,16-17,19,24,29H,4-5,15H2,1-3H3,(H,30,31). The van der Waals surface area contributed by atoms with Crippen LogP contribution < -0.4 is 10.6 Å². The largest absolute Gasteiger partial charge is 0.382 e. The van der Waals surface area contributed by atoms with Crippen LogP contribution in [0, 0.1) is 12.8 Å². The van der Waals surface area contributed by atoms with Crippen molar-refractivity contribution < 1.29 is 4.79 Å². The minimum atomic E-state index is -0.233. The summed E-state index contributed by atoms with van der Waals surface area (Å²) < 4.78 is 0. The molecule has 4 rings (SSSR count). The van der Waals surface area contributed by atoms with Gasteiger partial charge in [-0.1, -0.05) is 25.0 Å². The van der Waals surface area contributed by atoms with Crippen LogP contribution in [0.2, 0.25) is 0 Å². The Morgan fingerprint density at radius 1 is 1.00 bits per heavy atom. The first-order chi connectivity index (χ1) is 15.0. The minimum Gasteiger partial charge on any atom is -0.382 e. The van der Waals surface area contributed by atoms with Crippen LogP contribution in [0.15, 0.2) is 60.9 Å². The normalized spacial score (nSPS) is 14.3. The Hall–Kier alpha value is -3.21. The molecule has 1 amide bonds. The summed E-state index contributed by atoms with van der Waals surface area (Å²) in [5.41, 5.74) is 5.83. The second-order valence-electron chi connectivity index (χ2n) is 8.75. The number of amides is 1. The van der Waals surface area contributed by atoms with Gasteiger partial charge < -0.3 is 10.6 Å². The number of nitrogens with one attached hydrogen (secondary N) is 2. The van der Waals surface area contributed by atoms with Crippen molar-refractivity contribution in [2.24, 2.45) is 5.92 Å². The zero-order valence-corrected chi connectivity index (χ0v) is 18.4. The van der Waals surface area contributed by atoms with E-state index in [9.17, 15) is 4.79 Å². The third kappa shape index (κ3) is 5.69. The van der Waals surface area contributed by atoms with Crippen molar-refractivity contribution in [3.8, 4) is 11.1 Å². The van der Waals surface area contributed by atoms with Gasteiger partial charge in [0.15, 0.2) is 0 Å². The first-order valence-corrected chi connectivity index (χ1v) is 11.0. The molecule has 3 aromatic rings. The fraction of sp³-hybridized carbons (Fsp3) is 0.346. The highest BCUT2D eigenvalue weighted by Crippen LogP contribution is 2.39. The van der Waals surface area contributed by atoms with Crippen molar-refractivity contribution in [2.75, 3.05) is 10.6 Å². The molecule has 1 atom stereocenters. The van der Waals surface area contributed by atoms with Crippen molar-refractivity contribution in [3.63, 3.8) is 0 Å². The molecule has 1 aromatic carbocycles. The number of hydrogen-bond acceptors (Lipinski definition) is 4. The van der Waals surface area contributed by atoms with Gasteiger partial charge in [-0.2, -0.15) is 0 Å². The van der Waals surface area contributed by atoms with E-state index in [0.29, 0.717) is 12.0 Å². The van der Waals surface area contributed by atoms with Gasteiger partial charge in [-0.05, 0) is 80.6 Å². The first-order valence-electron chi connectivity index (χ1n) is 11.0. The summed E-state index contributed by atoms with van der Waals surface area (Å²) in [6.07, 6.45) is 6.91. The number of hydrogen-bond donors (Lipinski definition) is 2. The zero-order chi connectivity index (χ0) is 21.8. The molecule has 1 saturated carbocycles. The molecule has 0 saturated heterocycles. The van der Waals surface area contributed by atoms with Gasteiger partial charge in [-0.25, -0.2) is 0 Å². The van der Waals surface area contributed by atoms with Gasteiger partial charge in [-0.3, -0.25) is 14.8 Å². The summed E-state index contributed by atoms with van der Waals surface area (Å²) in [6.45, 7) is 6.17. The van der Waals surface area contributed by atoms with Crippen LogP contribution >= 0.6 is 0 Å². The van der Waals surface area contributed by atoms with Gasteiger partial charge in [0.25, 0.3) is 0 Å². The van der Waals surface area contributed by atoms with Crippen LogP contribution in [0.3, 0.4) is 0 Å². The number of pyridine rings is 2. The van der Waals surface area contributed by atoms with E-state index in [1.807, 2.05) is 61.8 Å². The van der Waals surface area contributed by atoms with Crippen molar-refractivity contribution in [3.05, 3.63) is 72.3 Å². The quantitative estimate of drug-likeness (QED) is 0.489. The number of nitrogens with zero attached hydrogens (tertiary/aromatic N) is 2. The van der Waals surface area contributed by atoms with Crippen LogP contribution in [-0.4, -0.2) is 21.9 Å². The number of carbonyl (C=O) groups excluding carboxylic acids is 1. The molecular formula is C26H30N4O. The van der Waals surface area contributed by atoms with Crippen molar-refractivity contribution in [1.82, 2.24) is 9.97 Å². The Bertz CT molecular complexity index is 1020. The summed E-state index contributed by atoms with van der Waals surface area (Å²) in [4.78, 5) is 22.0. The lowest BCUT2D eigenvalue weighted by molar-refractivity contribution is -0.117. The molecule has 1 fully saturated rings. The van der Waals surface area contributed by atoms with Gasteiger partial charge in [0, 0.05) is 23.6 Å². The average Bonchev–Trinajstić information content (AvgIpc) is 3.57. The van der Waals surface area contributed by atoms with E-state index in [1.165, 1.54) is 12.8 Å². The molecule has 31 heavy (non-hydrogen) atoms. The van der Waals surface area contributed by atoms with Gasteiger partial charge in [0.1, 0.15) is 0 Å². The summed E-state index contributed by atoms with van der Waals surface area (Å²) in [7, 11) is 0. The van der Waals surface area contributed by atoms with E-state index in [4.69, 9.17) is 0 Å². The predicted octanol–water partition coefficient (Wildman–Crippen LogP) is 5.79. The van der Waals surface area contributed by atoms with Crippen LogP contribution in [0.25, 0.3) is 11.1 Å². The second kappa shape index (κ2) is 9.29. The Balaban J connectivity index is 1.47. The number of aryl methyl sites for hydroxylation is 1. The van der Waals surface area contributed by atoms with Crippen LogP contribution in [0.1, 0.15) is 50.4 Å². The van der Waals surface area contributed by atoms with Gasteiger partial charge in [0.05, 0.1) is 23.5 Å². The Kier molecular flexibility index (Phi) is 6.31. The number of carbonyl (C=O) groups is 1.